The van der Waals surface area contributed by atoms with Gasteiger partial charge in [0.1, 0.15) is 43.3 Å². The predicted octanol–water partition coefficient (Wildman–Crippen LogP) is 8.69. The third-order valence-corrected chi connectivity index (χ3v) is 19.7. The zero-order valence-corrected chi connectivity index (χ0v) is 35.4. The summed E-state index contributed by atoms with van der Waals surface area (Å²) < 4.78 is 68.8. The second-order valence-electron chi connectivity index (χ2n) is 18.2. The van der Waals surface area contributed by atoms with Gasteiger partial charge in [-0.1, -0.05) is 77.8 Å². The molecule has 0 amide bonds. The standard InChI is InChI=1S/C46H56F2N6O3Si/c1-27(2)58(28(3)4,29(5)6)15-13-35-38(47)11-10-32-16-34(55)17-36(39(32)35)41-40(48)42-37(20-49-41)43(53-23-33-12-14-45(24-53,52-33)25-56-9)51-44(50-42)57-26-46-18-30(7)21-54(46)22-31(8)19-46/h10-11,16-17,20,27-29,33,52,55H,7-8,12,14,18-19,21-26H2,1-6,9H3/i9D3. The number of phenolic OH excluding ortho intramolecular Hbond substituents is 1. The molecule has 4 fully saturated rings. The molecule has 2 atom stereocenters. The van der Waals surface area contributed by atoms with E-state index in [-0.39, 0.29) is 58.9 Å². The van der Waals surface area contributed by atoms with Gasteiger partial charge in [-0.05, 0) is 65.9 Å². The second-order valence-corrected chi connectivity index (χ2v) is 23.8. The largest absolute Gasteiger partial charge is 0.508 e. The Labute approximate surface area is 346 Å². The van der Waals surface area contributed by atoms with Crippen molar-refractivity contribution >= 4 is 35.6 Å². The van der Waals surface area contributed by atoms with Crippen LogP contribution in [0.15, 0.2) is 54.8 Å². The number of fused-ring (bicyclic) bond motifs is 5. The van der Waals surface area contributed by atoms with E-state index >= 15 is 8.78 Å². The molecule has 4 saturated heterocycles. The van der Waals surface area contributed by atoms with Crippen molar-refractivity contribution in [2.24, 2.45) is 0 Å². The molecule has 0 spiro atoms. The Hall–Kier alpha value is -4.41. The summed E-state index contributed by atoms with van der Waals surface area (Å²) in [7, 11) is -4.89. The zero-order valence-electron chi connectivity index (χ0n) is 37.4. The number of hydrogen-bond donors (Lipinski definition) is 2. The van der Waals surface area contributed by atoms with Crippen molar-refractivity contribution < 1.29 is 27.5 Å². The van der Waals surface area contributed by atoms with E-state index in [2.05, 4.69) is 81.4 Å². The van der Waals surface area contributed by atoms with Gasteiger partial charge in [-0.3, -0.25) is 9.88 Å². The highest BCUT2D eigenvalue weighted by Crippen LogP contribution is 2.45. The van der Waals surface area contributed by atoms with Crippen molar-refractivity contribution in [2.45, 2.75) is 101 Å². The molecule has 306 valence electrons. The molecule has 0 saturated carbocycles. The molecule has 0 radical (unpaired) electrons. The van der Waals surface area contributed by atoms with Crippen molar-refractivity contribution in [3.05, 3.63) is 72.0 Å². The van der Waals surface area contributed by atoms with E-state index in [1.165, 1.54) is 24.4 Å². The van der Waals surface area contributed by atoms with Crippen molar-refractivity contribution in [2.75, 3.05) is 51.3 Å². The summed E-state index contributed by atoms with van der Waals surface area (Å²) >= 11 is 0. The van der Waals surface area contributed by atoms with Gasteiger partial charge in [0, 0.05) is 56.4 Å². The van der Waals surface area contributed by atoms with Crippen LogP contribution in [0.1, 0.15) is 76.9 Å². The summed E-state index contributed by atoms with van der Waals surface area (Å²) in [4.78, 5) is 18.7. The molecule has 9 nitrogen and oxygen atoms in total. The number of nitrogens with one attached hydrogen (secondary N) is 1. The number of hydrogen-bond acceptors (Lipinski definition) is 9. The van der Waals surface area contributed by atoms with Crippen molar-refractivity contribution in [1.82, 2.24) is 25.2 Å². The number of pyridine rings is 1. The number of methoxy groups -OCH3 is 1. The first-order valence-corrected chi connectivity index (χ1v) is 22.7. The Bertz CT molecular complexity index is 2460. The maximum atomic E-state index is 17.7. The molecule has 4 aliphatic heterocycles. The maximum Gasteiger partial charge on any atom is 0.319 e. The van der Waals surface area contributed by atoms with E-state index in [4.69, 9.17) is 23.6 Å². The zero-order chi connectivity index (χ0) is 43.8. The summed E-state index contributed by atoms with van der Waals surface area (Å²) in [5, 5.41) is 15.8. The number of aromatic nitrogens is 3. The number of aromatic hydroxyl groups is 1. The number of nitrogens with zero attached hydrogens (tertiary/aromatic N) is 5. The Morgan fingerprint density at radius 2 is 1.78 bits per heavy atom. The number of halogens is 2. The quantitative estimate of drug-likeness (QED) is 0.0927. The number of piperazine rings is 1. The van der Waals surface area contributed by atoms with Gasteiger partial charge in [0.2, 0.25) is 0 Å². The van der Waals surface area contributed by atoms with Crippen molar-refractivity contribution in [1.29, 1.82) is 0 Å². The molecule has 6 heterocycles. The van der Waals surface area contributed by atoms with Crippen LogP contribution >= 0.6 is 0 Å². The maximum absolute atomic E-state index is 17.7. The Morgan fingerprint density at radius 3 is 2.47 bits per heavy atom. The molecule has 2 unspecified atom stereocenters. The summed E-state index contributed by atoms with van der Waals surface area (Å²) in [6.45, 7) is 24.1. The molecule has 2 bridgehead atoms. The summed E-state index contributed by atoms with van der Waals surface area (Å²) in [6, 6.07) is 5.79. The van der Waals surface area contributed by atoms with Gasteiger partial charge in [-0.15, -0.1) is 5.54 Å². The van der Waals surface area contributed by atoms with E-state index in [1.807, 2.05) is 4.90 Å². The first kappa shape index (κ1) is 36.7. The fourth-order valence-electron chi connectivity index (χ4n) is 10.9. The summed E-state index contributed by atoms with van der Waals surface area (Å²) in [5.74, 6) is 2.19. The van der Waals surface area contributed by atoms with Gasteiger partial charge < -0.3 is 24.8 Å². The predicted molar refractivity (Wildman–Crippen MR) is 230 cm³/mol. The topological polar surface area (TPSA) is 95.9 Å². The van der Waals surface area contributed by atoms with E-state index < -0.39 is 32.3 Å². The molecule has 12 heteroatoms. The third-order valence-electron chi connectivity index (χ3n) is 13.4. The van der Waals surface area contributed by atoms with E-state index in [9.17, 15) is 5.11 Å². The van der Waals surface area contributed by atoms with Crippen LogP contribution in [-0.2, 0) is 4.74 Å². The van der Waals surface area contributed by atoms with Crippen LogP contribution in [0, 0.1) is 23.1 Å². The number of rotatable bonds is 10. The SMILES string of the molecule is [2H]C([2H])([2H])OCC12CCC(CN(c3nc(OCC45CC(=C)CN4CC(=C)C5)nc4c(F)c(-c5cc(O)cc6ccc(F)c(C#C[Si](C(C)C)(C(C)C)C(C)C)c56)ncc34)C1)N2. The Morgan fingerprint density at radius 1 is 1.05 bits per heavy atom. The van der Waals surface area contributed by atoms with Gasteiger partial charge in [0.15, 0.2) is 5.82 Å². The minimum absolute atomic E-state index is 0.00108. The second kappa shape index (κ2) is 15.0. The lowest BCUT2D eigenvalue weighted by Gasteiger charge is -2.41. The lowest BCUT2D eigenvalue weighted by atomic mass is 9.92. The molecule has 4 aromatic rings. The number of benzene rings is 2. The molecular formula is C46H56F2N6O3Si. The first-order valence-electron chi connectivity index (χ1n) is 22.0. The van der Waals surface area contributed by atoms with Crippen LogP contribution in [0.3, 0.4) is 0 Å². The fourth-order valence-corrected chi connectivity index (χ4v) is 16.2. The van der Waals surface area contributed by atoms with Gasteiger partial charge in [0.05, 0.1) is 32.7 Å². The summed E-state index contributed by atoms with van der Waals surface area (Å²) in [5.41, 5.74) is 5.77. The van der Waals surface area contributed by atoms with Gasteiger partial charge in [-0.25, -0.2) is 8.78 Å². The van der Waals surface area contributed by atoms with Crippen LogP contribution in [0.4, 0.5) is 14.6 Å². The molecule has 8 rings (SSSR count). The third kappa shape index (κ3) is 6.78. The van der Waals surface area contributed by atoms with Crippen molar-refractivity contribution in [3.8, 4) is 34.5 Å². The number of ether oxygens (including phenoxy) is 2. The highest BCUT2D eigenvalue weighted by molar-refractivity contribution is 6.90. The van der Waals surface area contributed by atoms with E-state index in [0.717, 1.165) is 43.5 Å². The number of phenols is 1. The minimum Gasteiger partial charge on any atom is -0.508 e. The molecular weight excluding hydrogens is 751 g/mol. The molecule has 2 aromatic carbocycles. The highest BCUT2D eigenvalue weighted by Gasteiger charge is 2.49. The molecule has 0 aliphatic carbocycles. The summed E-state index contributed by atoms with van der Waals surface area (Å²) in [6.07, 6.45) is 4.43. The van der Waals surface area contributed by atoms with E-state index in [0.29, 0.717) is 58.1 Å². The van der Waals surface area contributed by atoms with Crippen LogP contribution in [0.25, 0.3) is 32.9 Å². The normalized spacial score (nSPS) is 22.8. The smallest absolute Gasteiger partial charge is 0.319 e. The molecule has 58 heavy (non-hydrogen) atoms. The highest BCUT2D eigenvalue weighted by atomic mass is 28.3. The lowest BCUT2D eigenvalue weighted by molar-refractivity contribution is 0.107. The van der Waals surface area contributed by atoms with Gasteiger partial charge in [0.25, 0.3) is 0 Å². The minimum atomic E-state index is -2.57. The van der Waals surface area contributed by atoms with Crippen molar-refractivity contribution in [3.63, 3.8) is 0 Å². The lowest BCUT2D eigenvalue weighted by Crippen LogP contribution is -2.61. The monoisotopic (exact) mass is 809 g/mol. The molecule has 2 N–H and O–H groups in total. The van der Waals surface area contributed by atoms with Gasteiger partial charge >= 0.3 is 6.01 Å². The van der Waals surface area contributed by atoms with E-state index in [1.54, 1.807) is 6.07 Å². The van der Waals surface area contributed by atoms with Crippen LogP contribution < -0.4 is 15.0 Å². The van der Waals surface area contributed by atoms with Crippen LogP contribution in [0.5, 0.6) is 11.8 Å². The average molecular weight is 810 g/mol. The average Bonchev–Trinajstić information content (AvgIpc) is 3.77. The Kier molecular flexibility index (Phi) is 9.48. The number of anilines is 1. The first-order chi connectivity index (χ1) is 28.7. The fraction of sp³-hybridized carbons (Fsp3) is 0.500. The molecule has 4 aliphatic rings. The van der Waals surface area contributed by atoms with Gasteiger partial charge in [-0.2, -0.15) is 9.97 Å². The molecule has 2 aromatic heterocycles. The Balaban J connectivity index is 1.29. The van der Waals surface area contributed by atoms with Crippen LogP contribution in [-0.4, -0.2) is 96.6 Å². The van der Waals surface area contributed by atoms with Crippen LogP contribution in [0.2, 0.25) is 16.6 Å².